The quantitative estimate of drug-likeness (QED) is 0.339. The molecule has 1 heterocycles. The van der Waals surface area contributed by atoms with Crippen LogP contribution in [0.3, 0.4) is 0 Å². The third-order valence-corrected chi connectivity index (χ3v) is 5.52. The number of rotatable bonds is 4. The maximum atomic E-state index is 13.2. The lowest BCUT2D eigenvalue weighted by Crippen LogP contribution is -2.25. The molecule has 2 aromatic carbocycles. The van der Waals surface area contributed by atoms with Gasteiger partial charge in [0.25, 0.3) is 5.56 Å². The highest BCUT2D eigenvalue weighted by Crippen LogP contribution is 2.32. The van der Waals surface area contributed by atoms with Gasteiger partial charge in [0.1, 0.15) is 11.6 Å². The second kappa shape index (κ2) is 8.79. The van der Waals surface area contributed by atoms with Crippen molar-refractivity contribution in [3.8, 4) is 5.75 Å². The van der Waals surface area contributed by atoms with Crippen LogP contribution in [0.2, 0.25) is 5.02 Å². The Morgan fingerprint density at radius 3 is 2.73 bits per heavy atom. The van der Waals surface area contributed by atoms with Crippen LogP contribution in [0.15, 0.2) is 52.4 Å². The van der Waals surface area contributed by atoms with E-state index in [1.54, 1.807) is 24.3 Å². The number of halogens is 1. The van der Waals surface area contributed by atoms with Gasteiger partial charge in [0, 0.05) is 23.4 Å². The molecule has 154 valence electrons. The molecule has 0 N–H and O–H groups in total. The maximum absolute atomic E-state index is 13.2. The van der Waals surface area contributed by atoms with E-state index in [-0.39, 0.29) is 11.5 Å². The van der Waals surface area contributed by atoms with Gasteiger partial charge in [-0.2, -0.15) is 9.78 Å². The average Bonchev–Trinajstić information content (AvgIpc) is 2.75. The van der Waals surface area contributed by atoms with E-state index in [4.69, 9.17) is 21.3 Å². The molecule has 1 saturated carbocycles. The number of nitrogens with zero attached hydrogens (tertiary/aromatic N) is 3. The second-order valence-corrected chi connectivity index (χ2v) is 7.90. The van der Waals surface area contributed by atoms with Gasteiger partial charge in [0.05, 0.1) is 17.1 Å². The summed E-state index contributed by atoms with van der Waals surface area (Å²) < 4.78 is 6.63. The zero-order valence-corrected chi connectivity index (χ0v) is 17.4. The van der Waals surface area contributed by atoms with Crippen molar-refractivity contribution in [2.45, 2.75) is 44.9 Å². The van der Waals surface area contributed by atoms with E-state index in [0.29, 0.717) is 33.1 Å². The molecule has 3 aromatic rings. The molecule has 6 nitrogen and oxygen atoms in total. The lowest BCUT2D eigenvalue weighted by atomic mass is 9.88. The molecular formula is C23H22ClN3O3. The smallest absolute Gasteiger partial charge is 0.308 e. The van der Waals surface area contributed by atoms with Crippen molar-refractivity contribution in [3.05, 3.63) is 69.2 Å². The number of benzene rings is 2. The van der Waals surface area contributed by atoms with Crippen LogP contribution in [-0.4, -0.2) is 21.8 Å². The van der Waals surface area contributed by atoms with Crippen LogP contribution in [0.1, 0.15) is 56.3 Å². The number of aromatic nitrogens is 2. The molecule has 1 aliphatic rings. The van der Waals surface area contributed by atoms with Crippen LogP contribution in [0, 0.1) is 0 Å². The van der Waals surface area contributed by atoms with E-state index in [2.05, 4.69) is 5.10 Å². The second-order valence-electron chi connectivity index (χ2n) is 7.46. The Labute approximate surface area is 179 Å². The molecule has 1 fully saturated rings. The Bertz CT molecular complexity index is 1180. The standard InChI is InChI=1S/C23H22ClN3O3/c1-15(28)30-21-12-11-18(24)13-17(21)14-25-27-22(16-7-3-2-4-8-16)26-20-10-6-5-9-19(20)23(27)29/h5-6,9-14,16H,2-4,7-8H2,1H3. The zero-order chi connectivity index (χ0) is 21.1. The number of ether oxygens (including phenoxy) is 1. The number of hydrogen-bond acceptors (Lipinski definition) is 5. The van der Waals surface area contributed by atoms with Crippen LogP contribution >= 0.6 is 11.6 Å². The number of para-hydroxylation sites is 1. The Morgan fingerprint density at radius 1 is 1.20 bits per heavy atom. The zero-order valence-electron chi connectivity index (χ0n) is 16.7. The minimum atomic E-state index is -0.445. The first-order chi connectivity index (χ1) is 14.5. The Kier molecular flexibility index (Phi) is 5.95. The molecule has 0 amide bonds. The van der Waals surface area contributed by atoms with Crippen molar-refractivity contribution in [2.24, 2.45) is 5.10 Å². The fraction of sp³-hybridized carbons (Fsp3) is 0.304. The topological polar surface area (TPSA) is 73.5 Å². The van der Waals surface area contributed by atoms with E-state index < -0.39 is 5.97 Å². The van der Waals surface area contributed by atoms with Crippen molar-refractivity contribution in [1.29, 1.82) is 0 Å². The first-order valence-corrected chi connectivity index (χ1v) is 10.4. The van der Waals surface area contributed by atoms with Crippen LogP contribution in [0.4, 0.5) is 0 Å². The minimum absolute atomic E-state index is 0.181. The molecule has 0 bridgehead atoms. The molecular weight excluding hydrogens is 402 g/mol. The van der Waals surface area contributed by atoms with Crippen LogP contribution in [-0.2, 0) is 4.79 Å². The summed E-state index contributed by atoms with van der Waals surface area (Å²) in [5.74, 6) is 0.738. The highest BCUT2D eigenvalue weighted by Gasteiger charge is 2.22. The van der Waals surface area contributed by atoms with Crippen LogP contribution < -0.4 is 10.3 Å². The van der Waals surface area contributed by atoms with Gasteiger partial charge in [-0.25, -0.2) is 4.98 Å². The van der Waals surface area contributed by atoms with E-state index in [9.17, 15) is 9.59 Å². The monoisotopic (exact) mass is 423 g/mol. The van der Waals surface area contributed by atoms with Crippen LogP contribution in [0.5, 0.6) is 5.75 Å². The molecule has 0 saturated heterocycles. The predicted molar refractivity (Wildman–Crippen MR) is 118 cm³/mol. The summed E-state index contributed by atoms with van der Waals surface area (Å²) in [6.07, 6.45) is 6.89. The van der Waals surface area contributed by atoms with Gasteiger partial charge in [-0.3, -0.25) is 9.59 Å². The number of carbonyl (C=O) groups excluding carboxylic acids is 1. The van der Waals surface area contributed by atoms with Crippen molar-refractivity contribution >= 4 is 34.7 Å². The van der Waals surface area contributed by atoms with Crippen molar-refractivity contribution in [3.63, 3.8) is 0 Å². The normalized spacial score (nSPS) is 15.0. The molecule has 0 aliphatic heterocycles. The van der Waals surface area contributed by atoms with Gasteiger partial charge in [0.15, 0.2) is 0 Å². The number of fused-ring (bicyclic) bond motifs is 1. The summed E-state index contributed by atoms with van der Waals surface area (Å²) >= 11 is 6.11. The number of esters is 1. The summed E-state index contributed by atoms with van der Waals surface area (Å²) in [4.78, 5) is 29.5. The highest BCUT2D eigenvalue weighted by atomic mass is 35.5. The third kappa shape index (κ3) is 4.28. The number of carbonyl (C=O) groups is 1. The lowest BCUT2D eigenvalue weighted by Gasteiger charge is -2.22. The number of hydrogen-bond donors (Lipinski definition) is 0. The summed E-state index contributed by atoms with van der Waals surface area (Å²) in [7, 11) is 0. The maximum Gasteiger partial charge on any atom is 0.308 e. The van der Waals surface area contributed by atoms with Gasteiger partial charge in [-0.1, -0.05) is 43.0 Å². The molecule has 30 heavy (non-hydrogen) atoms. The molecule has 1 aromatic heterocycles. The lowest BCUT2D eigenvalue weighted by molar-refractivity contribution is -0.131. The average molecular weight is 424 g/mol. The first kappa shape index (κ1) is 20.3. The Hall–Kier alpha value is -2.99. The van der Waals surface area contributed by atoms with Gasteiger partial charge in [0.2, 0.25) is 0 Å². The molecule has 0 unspecified atom stereocenters. The summed E-state index contributed by atoms with van der Waals surface area (Å²) in [5, 5.41) is 5.47. The van der Waals surface area contributed by atoms with Crippen molar-refractivity contribution in [1.82, 2.24) is 9.66 Å². The SMILES string of the molecule is CC(=O)Oc1ccc(Cl)cc1C=Nn1c(C2CCCCC2)nc2ccccc2c1=O. The molecule has 4 rings (SSSR count). The molecule has 0 radical (unpaired) electrons. The van der Waals surface area contributed by atoms with Gasteiger partial charge < -0.3 is 4.74 Å². The largest absolute Gasteiger partial charge is 0.426 e. The Morgan fingerprint density at radius 2 is 1.97 bits per heavy atom. The Balaban J connectivity index is 1.84. The van der Waals surface area contributed by atoms with E-state index in [1.807, 2.05) is 18.2 Å². The summed E-state index contributed by atoms with van der Waals surface area (Å²) in [6, 6.07) is 12.2. The third-order valence-electron chi connectivity index (χ3n) is 5.29. The fourth-order valence-corrected chi connectivity index (χ4v) is 4.05. The highest BCUT2D eigenvalue weighted by molar-refractivity contribution is 6.30. The molecule has 7 heteroatoms. The van der Waals surface area contributed by atoms with Gasteiger partial charge in [-0.15, -0.1) is 0 Å². The van der Waals surface area contributed by atoms with Gasteiger partial charge in [-0.05, 0) is 43.2 Å². The predicted octanol–water partition coefficient (Wildman–Crippen LogP) is 4.91. The van der Waals surface area contributed by atoms with Gasteiger partial charge >= 0.3 is 5.97 Å². The molecule has 0 spiro atoms. The fourth-order valence-electron chi connectivity index (χ4n) is 3.87. The summed E-state index contributed by atoms with van der Waals surface area (Å²) in [5.41, 5.74) is 0.971. The van der Waals surface area contributed by atoms with Crippen LogP contribution in [0.25, 0.3) is 10.9 Å². The first-order valence-electron chi connectivity index (χ1n) is 10.1. The summed E-state index contributed by atoms with van der Waals surface area (Å²) in [6.45, 7) is 1.33. The van der Waals surface area contributed by atoms with E-state index in [1.165, 1.54) is 24.2 Å². The van der Waals surface area contributed by atoms with Crippen molar-refractivity contribution in [2.75, 3.05) is 0 Å². The minimum Gasteiger partial charge on any atom is -0.426 e. The van der Waals surface area contributed by atoms with Crippen molar-refractivity contribution < 1.29 is 9.53 Å². The molecule has 1 aliphatic carbocycles. The van der Waals surface area contributed by atoms with E-state index >= 15 is 0 Å². The molecule has 0 atom stereocenters. The van der Waals surface area contributed by atoms with E-state index in [0.717, 1.165) is 25.7 Å².